The number of aromatic nitrogens is 2. The third-order valence-electron chi connectivity index (χ3n) is 3.60. The van der Waals surface area contributed by atoms with Crippen LogP contribution in [0.25, 0.3) is 11.0 Å². The highest BCUT2D eigenvalue weighted by Gasteiger charge is 2.13. The molecule has 5 heteroatoms. The lowest BCUT2D eigenvalue weighted by Gasteiger charge is -2.06. The second kappa shape index (κ2) is 5.41. The van der Waals surface area contributed by atoms with E-state index in [1.807, 2.05) is 41.0 Å². The van der Waals surface area contributed by atoms with Crippen molar-refractivity contribution in [1.29, 1.82) is 0 Å². The maximum Gasteiger partial charge on any atom is 0.201 e. The Morgan fingerprint density at radius 2 is 2.14 bits per heavy atom. The molecule has 4 nitrogen and oxygen atoms in total. The molecule has 0 bridgehead atoms. The topological polar surface area (TPSA) is 53.1 Å². The van der Waals surface area contributed by atoms with Crippen LogP contribution in [-0.2, 0) is 6.54 Å². The molecule has 1 aromatic carbocycles. The van der Waals surface area contributed by atoms with Crippen LogP contribution in [0.4, 0.5) is 5.95 Å². The SMILES string of the molecule is CCOc1cccc2c1nc(N)n2Cc1cc(C)c(C)s1. The number of thiophene rings is 1. The standard InChI is InChI=1S/C16H19N3OS/c1-4-20-14-7-5-6-13-15(14)18-16(17)19(13)9-12-8-10(2)11(3)21-12/h5-8H,4,9H2,1-3H3,(H2,17,18). The number of hydrogen-bond donors (Lipinski definition) is 1. The lowest BCUT2D eigenvalue weighted by molar-refractivity contribution is 0.343. The monoisotopic (exact) mass is 301 g/mol. The molecule has 0 spiro atoms. The van der Waals surface area contributed by atoms with Crippen LogP contribution in [0.15, 0.2) is 24.3 Å². The predicted molar refractivity (Wildman–Crippen MR) is 88.2 cm³/mol. The van der Waals surface area contributed by atoms with Crippen molar-refractivity contribution in [3.63, 3.8) is 0 Å². The van der Waals surface area contributed by atoms with E-state index >= 15 is 0 Å². The lowest BCUT2D eigenvalue weighted by Crippen LogP contribution is -2.03. The molecule has 21 heavy (non-hydrogen) atoms. The van der Waals surface area contributed by atoms with E-state index in [9.17, 15) is 0 Å². The van der Waals surface area contributed by atoms with Crippen molar-refractivity contribution in [2.75, 3.05) is 12.3 Å². The van der Waals surface area contributed by atoms with E-state index in [1.54, 1.807) is 0 Å². The molecule has 110 valence electrons. The number of para-hydroxylation sites is 1. The van der Waals surface area contributed by atoms with Crippen molar-refractivity contribution in [3.8, 4) is 5.75 Å². The highest BCUT2D eigenvalue weighted by atomic mass is 32.1. The Kier molecular flexibility index (Phi) is 3.59. The average molecular weight is 301 g/mol. The molecule has 0 saturated carbocycles. The number of nitrogens with two attached hydrogens (primary N) is 1. The Balaban J connectivity index is 2.06. The highest BCUT2D eigenvalue weighted by Crippen LogP contribution is 2.29. The molecule has 2 N–H and O–H groups in total. The van der Waals surface area contributed by atoms with Crippen molar-refractivity contribution in [1.82, 2.24) is 9.55 Å². The molecular weight excluding hydrogens is 282 g/mol. The number of rotatable bonds is 4. The minimum Gasteiger partial charge on any atom is -0.492 e. The van der Waals surface area contributed by atoms with Gasteiger partial charge >= 0.3 is 0 Å². The summed E-state index contributed by atoms with van der Waals surface area (Å²) in [6.45, 7) is 7.62. The van der Waals surface area contributed by atoms with E-state index in [0.29, 0.717) is 12.6 Å². The first-order valence-corrected chi connectivity index (χ1v) is 7.85. The number of hydrogen-bond acceptors (Lipinski definition) is 4. The fraction of sp³-hybridized carbons (Fsp3) is 0.312. The summed E-state index contributed by atoms with van der Waals surface area (Å²) in [7, 11) is 0. The Bertz CT molecular complexity index is 769. The summed E-state index contributed by atoms with van der Waals surface area (Å²) in [6.07, 6.45) is 0. The zero-order valence-corrected chi connectivity index (χ0v) is 13.3. The van der Waals surface area contributed by atoms with E-state index in [1.165, 1.54) is 15.3 Å². The van der Waals surface area contributed by atoms with Gasteiger partial charge in [-0.3, -0.25) is 0 Å². The number of nitrogen functional groups attached to an aromatic ring is 1. The van der Waals surface area contributed by atoms with Crippen molar-refractivity contribution in [2.24, 2.45) is 0 Å². The van der Waals surface area contributed by atoms with E-state index in [2.05, 4.69) is 24.9 Å². The van der Waals surface area contributed by atoms with Crippen LogP contribution in [0.1, 0.15) is 22.2 Å². The molecule has 0 saturated heterocycles. The molecular formula is C16H19N3OS. The zero-order chi connectivity index (χ0) is 15.0. The Hall–Kier alpha value is -2.01. The first kappa shape index (κ1) is 13.9. The number of fused-ring (bicyclic) bond motifs is 1. The van der Waals surface area contributed by atoms with Crippen molar-refractivity contribution in [2.45, 2.75) is 27.3 Å². The van der Waals surface area contributed by atoms with Gasteiger partial charge in [0.05, 0.1) is 18.7 Å². The molecule has 0 radical (unpaired) electrons. The van der Waals surface area contributed by atoms with Crippen LogP contribution in [-0.4, -0.2) is 16.2 Å². The van der Waals surface area contributed by atoms with Crippen LogP contribution in [0.2, 0.25) is 0 Å². The Morgan fingerprint density at radius 3 is 2.81 bits per heavy atom. The second-order valence-electron chi connectivity index (χ2n) is 5.06. The number of aryl methyl sites for hydroxylation is 2. The average Bonchev–Trinajstić information content (AvgIpc) is 2.93. The number of nitrogens with zero attached hydrogens (tertiary/aromatic N) is 2. The maximum atomic E-state index is 6.11. The van der Waals surface area contributed by atoms with Gasteiger partial charge in [0.25, 0.3) is 0 Å². The molecule has 3 aromatic rings. The van der Waals surface area contributed by atoms with Gasteiger partial charge in [0.15, 0.2) is 0 Å². The summed E-state index contributed by atoms with van der Waals surface area (Å²) in [4.78, 5) is 7.12. The summed E-state index contributed by atoms with van der Waals surface area (Å²) in [5, 5.41) is 0. The first-order valence-electron chi connectivity index (χ1n) is 7.03. The van der Waals surface area contributed by atoms with Gasteiger partial charge < -0.3 is 15.0 Å². The third-order valence-corrected chi connectivity index (χ3v) is 4.74. The fourth-order valence-corrected chi connectivity index (χ4v) is 3.50. The van der Waals surface area contributed by atoms with Gasteiger partial charge in [0.2, 0.25) is 5.95 Å². The van der Waals surface area contributed by atoms with Gasteiger partial charge in [-0.2, -0.15) is 0 Å². The third kappa shape index (κ3) is 2.49. The summed E-state index contributed by atoms with van der Waals surface area (Å²) in [6, 6.07) is 8.17. The molecule has 0 aliphatic carbocycles. The maximum absolute atomic E-state index is 6.11. The molecule has 0 fully saturated rings. The minimum absolute atomic E-state index is 0.529. The Labute approximate surface area is 128 Å². The molecule has 0 aliphatic heterocycles. The first-order chi connectivity index (χ1) is 10.1. The van der Waals surface area contributed by atoms with Gasteiger partial charge in [0, 0.05) is 9.75 Å². The highest BCUT2D eigenvalue weighted by molar-refractivity contribution is 7.12. The van der Waals surface area contributed by atoms with Crippen LogP contribution in [0.5, 0.6) is 5.75 Å². The summed E-state index contributed by atoms with van der Waals surface area (Å²) >= 11 is 1.81. The lowest BCUT2D eigenvalue weighted by atomic mass is 10.2. The molecule has 0 amide bonds. The van der Waals surface area contributed by atoms with Gasteiger partial charge in [0.1, 0.15) is 11.3 Å². The quantitative estimate of drug-likeness (QED) is 0.798. The zero-order valence-electron chi connectivity index (χ0n) is 12.5. The van der Waals surface area contributed by atoms with Crippen molar-refractivity contribution in [3.05, 3.63) is 39.6 Å². The molecule has 0 aliphatic rings. The van der Waals surface area contributed by atoms with Crippen LogP contribution >= 0.6 is 11.3 Å². The molecule has 3 rings (SSSR count). The fourth-order valence-electron chi connectivity index (χ4n) is 2.46. The molecule has 0 unspecified atom stereocenters. The van der Waals surface area contributed by atoms with Crippen LogP contribution in [0, 0.1) is 13.8 Å². The number of ether oxygens (including phenoxy) is 1. The summed E-state index contributed by atoms with van der Waals surface area (Å²) in [5.41, 5.74) is 9.29. The van der Waals surface area contributed by atoms with Gasteiger partial charge in [-0.1, -0.05) is 6.07 Å². The Morgan fingerprint density at radius 1 is 1.33 bits per heavy atom. The predicted octanol–water partition coefficient (Wildman–Crippen LogP) is 3.74. The summed E-state index contributed by atoms with van der Waals surface area (Å²) in [5.74, 6) is 1.32. The summed E-state index contributed by atoms with van der Waals surface area (Å²) < 4.78 is 7.68. The van der Waals surface area contributed by atoms with Crippen molar-refractivity contribution < 1.29 is 4.74 Å². The number of imidazole rings is 1. The van der Waals surface area contributed by atoms with E-state index in [4.69, 9.17) is 10.5 Å². The largest absolute Gasteiger partial charge is 0.492 e. The van der Waals surface area contributed by atoms with Crippen LogP contribution < -0.4 is 10.5 Å². The molecule has 0 atom stereocenters. The van der Waals surface area contributed by atoms with E-state index < -0.39 is 0 Å². The normalized spacial score (nSPS) is 11.2. The smallest absolute Gasteiger partial charge is 0.201 e. The van der Waals surface area contributed by atoms with E-state index in [-0.39, 0.29) is 0 Å². The number of benzene rings is 1. The van der Waals surface area contributed by atoms with E-state index in [0.717, 1.165) is 23.3 Å². The second-order valence-corrected chi connectivity index (χ2v) is 6.41. The molecule has 2 aromatic heterocycles. The van der Waals surface area contributed by atoms with Crippen molar-refractivity contribution >= 4 is 28.3 Å². The van der Waals surface area contributed by atoms with Crippen LogP contribution in [0.3, 0.4) is 0 Å². The van der Waals surface area contributed by atoms with Gasteiger partial charge in [-0.25, -0.2) is 4.98 Å². The minimum atomic E-state index is 0.529. The number of anilines is 1. The van der Waals surface area contributed by atoms with Gasteiger partial charge in [-0.05, 0) is 44.5 Å². The molecule has 2 heterocycles. The van der Waals surface area contributed by atoms with Gasteiger partial charge in [-0.15, -0.1) is 11.3 Å².